The van der Waals surface area contributed by atoms with Gasteiger partial charge in [0.15, 0.2) is 4.34 Å². The summed E-state index contributed by atoms with van der Waals surface area (Å²) in [5.41, 5.74) is 0.924. The fraction of sp³-hybridized carbons (Fsp3) is 0.200. The van der Waals surface area contributed by atoms with Crippen LogP contribution in [-0.4, -0.2) is 14.5 Å². The topological polar surface area (TPSA) is 46.0 Å². The molecule has 15 heavy (non-hydrogen) atoms. The number of hydrogen-bond donors (Lipinski definition) is 1. The number of benzene rings is 1. The van der Waals surface area contributed by atoms with Crippen LogP contribution in [0.1, 0.15) is 11.4 Å². The van der Waals surface area contributed by atoms with E-state index in [0.29, 0.717) is 0 Å². The largest absolute Gasteiger partial charge is 0.392 e. The molecule has 1 aromatic carbocycles. The zero-order chi connectivity index (χ0) is 10.7. The Bertz CT molecular complexity index is 439. The Hall–Kier alpha value is -0.910. The van der Waals surface area contributed by atoms with E-state index < -0.39 is 0 Å². The second-order valence-corrected chi connectivity index (χ2v) is 5.08. The van der Waals surface area contributed by atoms with Gasteiger partial charge in [-0.05, 0) is 36.2 Å². The molecule has 3 nitrogen and oxygen atoms in total. The molecule has 0 spiro atoms. The number of nitrogens with zero attached hydrogens (tertiary/aromatic N) is 2. The summed E-state index contributed by atoms with van der Waals surface area (Å²) in [5, 5.41) is 8.89. The third kappa shape index (κ3) is 2.77. The van der Waals surface area contributed by atoms with Gasteiger partial charge >= 0.3 is 0 Å². The lowest BCUT2D eigenvalue weighted by atomic mass is 10.2. The summed E-state index contributed by atoms with van der Waals surface area (Å²) in [7, 11) is 0. The number of hydrogen-bond acceptors (Lipinski definition) is 5. The van der Waals surface area contributed by atoms with E-state index in [0.717, 1.165) is 20.6 Å². The van der Waals surface area contributed by atoms with E-state index in [1.165, 1.54) is 11.5 Å². The summed E-state index contributed by atoms with van der Waals surface area (Å²) in [5.74, 6) is 0.814. The van der Waals surface area contributed by atoms with Gasteiger partial charge in [-0.2, -0.15) is 4.37 Å². The van der Waals surface area contributed by atoms with Crippen LogP contribution in [0.3, 0.4) is 0 Å². The Kier molecular flexibility index (Phi) is 3.35. The van der Waals surface area contributed by atoms with Crippen LogP contribution >= 0.6 is 23.3 Å². The highest BCUT2D eigenvalue weighted by molar-refractivity contribution is 8.01. The quantitative estimate of drug-likeness (QED) is 0.892. The van der Waals surface area contributed by atoms with Gasteiger partial charge in [0, 0.05) is 4.90 Å². The third-order valence-corrected chi connectivity index (χ3v) is 3.67. The fourth-order valence-corrected chi connectivity index (χ4v) is 2.71. The highest BCUT2D eigenvalue weighted by atomic mass is 32.2. The number of aliphatic hydroxyl groups is 1. The van der Waals surface area contributed by atoms with E-state index in [2.05, 4.69) is 9.36 Å². The predicted octanol–water partition coefficient (Wildman–Crippen LogP) is 2.49. The van der Waals surface area contributed by atoms with Gasteiger partial charge in [-0.25, -0.2) is 4.98 Å². The summed E-state index contributed by atoms with van der Waals surface area (Å²) in [6.07, 6.45) is 0. The summed E-state index contributed by atoms with van der Waals surface area (Å²) in [6, 6.07) is 7.78. The lowest BCUT2D eigenvalue weighted by molar-refractivity contribution is 0.282. The molecular formula is C10H10N2OS2. The predicted molar refractivity (Wildman–Crippen MR) is 61.1 cm³/mol. The minimum Gasteiger partial charge on any atom is -0.392 e. The molecule has 0 saturated heterocycles. The maximum absolute atomic E-state index is 8.89. The third-order valence-electron chi connectivity index (χ3n) is 1.82. The Morgan fingerprint density at radius 3 is 2.60 bits per heavy atom. The maximum atomic E-state index is 8.89. The monoisotopic (exact) mass is 238 g/mol. The van der Waals surface area contributed by atoms with Gasteiger partial charge < -0.3 is 5.11 Å². The van der Waals surface area contributed by atoms with Crippen molar-refractivity contribution < 1.29 is 5.11 Å². The molecule has 1 aromatic heterocycles. The van der Waals surface area contributed by atoms with Crippen molar-refractivity contribution in [3.8, 4) is 0 Å². The average Bonchev–Trinajstić information content (AvgIpc) is 2.65. The Morgan fingerprint density at radius 2 is 2.07 bits per heavy atom. The fourth-order valence-electron chi connectivity index (χ4n) is 1.08. The molecule has 0 aliphatic rings. The first-order valence-corrected chi connectivity index (χ1v) is 6.05. The zero-order valence-electron chi connectivity index (χ0n) is 8.17. The molecule has 0 radical (unpaired) electrons. The minimum absolute atomic E-state index is 0.0862. The van der Waals surface area contributed by atoms with Crippen LogP contribution in [0, 0.1) is 6.92 Å². The van der Waals surface area contributed by atoms with Crippen LogP contribution in [0.15, 0.2) is 33.5 Å². The molecule has 78 valence electrons. The van der Waals surface area contributed by atoms with Gasteiger partial charge in [-0.3, -0.25) is 0 Å². The Labute approximate surface area is 96.4 Å². The van der Waals surface area contributed by atoms with Crippen LogP contribution in [0.25, 0.3) is 0 Å². The van der Waals surface area contributed by atoms with E-state index in [1.807, 2.05) is 31.2 Å². The Morgan fingerprint density at radius 1 is 1.33 bits per heavy atom. The SMILES string of the molecule is Cc1nsc(Sc2ccc(CO)cc2)n1. The molecule has 0 aliphatic heterocycles. The van der Waals surface area contributed by atoms with E-state index in [9.17, 15) is 0 Å². The zero-order valence-corrected chi connectivity index (χ0v) is 9.81. The number of aryl methyl sites for hydroxylation is 1. The number of aliphatic hydroxyl groups excluding tert-OH is 1. The van der Waals surface area contributed by atoms with Gasteiger partial charge in [-0.15, -0.1) is 0 Å². The van der Waals surface area contributed by atoms with Crippen molar-refractivity contribution in [2.45, 2.75) is 22.8 Å². The first-order chi connectivity index (χ1) is 7.28. The first kappa shape index (κ1) is 10.6. The normalized spacial score (nSPS) is 10.5. The molecule has 0 atom stereocenters. The van der Waals surface area contributed by atoms with Gasteiger partial charge in [0.2, 0.25) is 0 Å². The average molecular weight is 238 g/mol. The van der Waals surface area contributed by atoms with Crippen LogP contribution in [0.4, 0.5) is 0 Å². The maximum Gasteiger partial charge on any atom is 0.174 e. The minimum atomic E-state index is 0.0862. The van der Waals surface area contributed by atoms with Crippen molar-refractivity contribution in [1.29, 1.82) is 0 Å². The molecule has 0 bridgehead atoms. The molecule has 0 fully saturated rings. The van der Waals surface area contributed by atoms with Crippen molar-refractivity contribution in [3.63, 3.8) is 0 Å². The molecule has 0 amide bonds. The lowest BCUT2D eigenvalue weighted by Gasteiger charge is -1.98. The van der Waals surface area contributed by atoms with E-state index in [1.54, 1.807) is 11.8 Å². The number of aromatic nitrogens is 2. The van der Waals surface area contributed by atoms with Gasteiger partial charge in [0.1, 0.15) is 5.82 Å². The highest BCUT2D eigenvalue weighted by Crippen LogP contribution is 2.28. The summed E-state index contributed by atoms with van der Waals surface area (Å²) in [6.45, 7) is 1.97. The summed E-state index contributed by atoms with van der Waals surface area (Å²) < 4.78 is 5.06. The summed E-state index contributed by atoms with van der Waals surface area (Å²) >= 11 is 3.00. The van der Waals surface area contributed by atoms with Crippen molar-refractivity contribution in [2.24, 2.45) is 0 Å². The second-order valence-electron chi connectivity index (χ2n) is 3.01. The highest BCUT2D eigenvalue weighted by Gasteiger charge is 2.02. The van der Waals surface area contributed by atoms with Crippen molar-refractivity contribution >= 4 is 23.3 Å². The second kappa shape index (κ2) is 4.74. The molecule has 0 saturated carbocycles. The molecule has 5 heteroatoms. The molecule has 1 heterocycles. The standard InChI is InChI=1S/C10H10N2OS2/c1-7-11-10(15-12-7)14-9-4-2-8(6-13)3-5-9/h2-5,13H,6H2,1H3. The van der Waals surface area contributed by atoms with Crippen LogP contribution in [0.2, 0.25) is 0 Å². The van der Waals surface area contributed by atoms with Crippen LogP contribution in [-0.2, 0) is 6.61 Å². The summed E-state index contributed by atoms with van der Waals surface area (Å²) in [4.78, 5) is 5.38. The van der Waals surface area contributed by atoms with Crippen LogP contribution in [0.5, 0.6) is 0 Å². The van der Waals surface area contributed by atoms with Gasteiger partial charge in [-0.1, -0.05) is 23.9 Å². The van der Waals surface area contributed by atoms with Gasteiger partial charge in [0.25, 0.3) is 0 Å². The first-order valence-electron chi connectivity index (χ1n) is 4.46. The van der Waals surface area contributed by atoms with Crippen molar-refractivity contribution in [3.05, 3.63) is 35.7 Å². The molecule has 0 aliphatic carbocycles. The Balaban J connectivity index is 2.11. The van der Waals surface area contributed by atoms with E-state index in [4.69, 9.17) is 5.11 Å². The van der Waals surface area contributed by atoms with E-state index >= 15 is 0 Å². The molecule has 0 unspecified atom stereocenters. The number of rotatable bonds is 3. The van der Waals surface area contributed by atoms with Crippen LogP contribution < -0.4 is 0 Å². The smallest absolute Gasteiger partial charge is 0.174 e. The molecule has 2 aromatic rings. The van der Waals surface area contributed by atoms with Crippen molar-refractivity contribution in [2.75, 3.05) is 0 Å². The van der Waals surface area contributed by atoms with Gasteiger partial charge in [0.05, 0.1) is 6.61 Å². The molecule has 1 N–H and O–H groups in total. The van der Waals surface area contributed by atoms with E-state index in [-0.39, 0.29) is 6.61 Å². The lowest BCUT2D eigenvalue weighted by Crippen LogP contribution is -1.81. The molecule has 2 rings (SSSR count). The van der Waals surface area contributed by atoms with Crippen molar-refractivity contribution in [1.82, 2.24) is 9.36 Å². The molecular weight excluding hydrogens is 228 g/mol.